The van der Waals surface area contributed by atoms with Crippen molar-refractivity contribution in [3.63, 3.8) is 0 Å². The van der Waals surface area contributed by atoms with E-state index in [1.54, 1.807) is 13.1 Å². The Hall–Kier alpha value is -1.37. The Morgan fingerprint density at radius 1 is 1.65 bits per heavy atom. The average Bonchev–Trinajstić information content (AvgIpc) is 2.73. The van der Waals surface area contributed by atoms with Gasteiger partial charge in [-0.25, -0.2) is 4.79 Å². The lowest BCUT2D eigenvalue weighted by molar-refractivity contribution is 0.159. The molecule has 0 atom stereocenters. The van der Waals surface area contributed by atoms with E-state index in [0.717, 1.165) is 11.4 Å². The molecule has 0 spiro atoms. The van der Waals surface area contributed by atoms with Crippen molar-refractivity contribution in [2.24, 2.45) is 0 Å². The predicted octanol–water partition coefficient (Wildman–Crippen LogP) is 2.30. The van der Waals surface area contributed by atoms with Gasteiger partial charge in [-0.15, -0.1) is 0 Å². The van der Waals surface area contributed by atoms with Gasteiger partial charge in [0, 0.05) is 5.56 Å². The van der Waals surface area contributed by atoms with E-state index < -0.39 is 6.09 Å². The van der Waals surface area contributed by atoms with E-state index in [-0.39, 0.29) is 0 Å². The molecule has 96 valence electrons. The zero-order chi connectivity index (χ0) is 12.7. The number of carbonyl (C=O) groups excluding carboxylic acids is 1. The Morgan fingerprint density at radius 3 is 3.06 bits per heavy atom. The summed E-state index contributed by atoms with van der Waals surface area (Å²) in [6.07, 6.45) is 1.38. The highest BCUT2D eigenvalue weighted by molar-refractivity contribution is 7.97. The molecule has 17 heavy (non-hydrogen) atoms. The lowest BCUT2D eigenvalue weighted by atomic mass is 10.1. The molecule has 1 aromatic heterocycles. The fraction of sp³-hybridized carbons (Fsp3) is 0.600. The molecule has 1 heterocycles. The van der Waals surface area contributed by atoms with Gasteiger partial charge in [0.25, 0.3) is 0 Å². The van der Waals surface area contributed by atoms with Crippen LogP contribution in [-0.2, 0) is 4.74 Å². The molecule has 0 aromatic carbocycles. The molecule has 0 radical (unpaired) electrons. The van der Waals surface area contributed by atoms with Crippen LogP contribution < -0.4 is 10.0 Å². The Kier molecular flexibility index (Phi) is 5.68. The molecule has 3 N–H and O–H groups in total. The van der Waals surface area contributed by atoms with Crippen molar-refractivity contribution in [2.45, 2.75) is 26.7 Å². The Morgan fingerprint density at radius 2 is 2.41 bits per heavy atom. The summed E-state index contributed by atoms with van der Waals surface area (Å²) in [5.74, 6) is 1.83. The zero-order valence-electron chi connectivity index (χ0n) is 10.2. The topological polar surface area (TPSA) is 79.0 Å². The number of hydrogen-bond acceptors (Lipinski definition) is 5. The largest absolute Gasteiger partial charge is 0.449 e. The van der Waals surface area contributed by atoms with Crippen molar-refractivity contribution in [3.05, 3.63) is 11.8 Å². The summed E-state index contributed by atoms with van der Waals surface area (Å²) >= 11 is 1.24. The SMILES string of the molecule is CCOC(=O)NSCNc1[nH]ncc1C(C)C. The summed E-state index contributed by atoms with van der Waals surface area (Å²) in [6, 6.07) is 0. The summed E-state index contributed by atoms with van der Waals surface area (Å²) in [7, 11) is 0. The van der Waals surface area contributed by atoms with E-state index in [1.165, 1.54) is 11.9 Å². The minimum absolute atomic E-state index is 0.373. The second-order valence-corrected chi connectivity index (χ2v) is 4.42. The first-order valence-corrected chi connectivity index (χ1v) is 6.45. The Balaban J connectivity index is 2.26. The van der Waals surface area contributed by atoms with Gasteiger partial charge in [-0.1, -0.05) is 13.8 Å². The molecule has 0 unspecified atom stereocenters. The maximum Gasteiger partial charge on any atom is 0.417 e. The van der Waals surface area contributed by atoms with Crippen LogP contribution in [-0.4, -0.2) is 28.8 Å². The van der Waals surface area contributed by atoms with Gasteiger partial charge in [-0.3, -0.25) is 9.82 Å². The third-order valence-corrected chi connectivity index (χ3v) is 2.64. The molecule has 0 saturated heterocycles. The quantitative estimate of drug-likeness (QED) is 0.414. The van der Waals surface area contributed by atoms with Gasteiger partial charge >= 0.3 is 6.09 Å². The van der Waals surface area contributed by atoms with Gasteiger partial charge < -0.3 is 10.1 Å². The van der Waals surface area contributed by atoms with E-state index >= 15 is 0 Å². The monoisotopic (exact) mass is 258 g/mol. The van der Waals surface area contributed by atoms with Gasteiger partial charge in [0.05, 0.1) is 18.7 Å². The van der Waals surface area contributed by atoms with Crippen molar-refractivity contribution >= 4 is 23.9 Å². The van der Waals surface area contributed by atoms with Crippen molar-refractivity contribution in [3.8, 4) is 0 Å². The Labute approximate surface area is 105 Å². The average molecular weight is 258 g/mol. The fourth-order valence-corrected chi connectivity index (χ4v) is 1.70. The highest BCUT2D eigenvalue weighted by atomic mass is 32.2. The first-order chi connectivity index (χ1) is 8.15. The van der Waals surface area contributed by atoms with Crippen LogP contribution in [0.5, 0.6) is 0 Å². The summed E-state index contributed by atoms with van der Waals surface area (Å²) in [5.41, 5.74) is 1.13. The first-order valence-electron chi connectivity index (χ1n) is 5.46. The summed E-state index contributed by atoms with van der Waals surface area (Å²) in [6.45, 7) is 6.33. The minimum atomic E-state index is -0.423. The number of aromatic amines is 1. The van der Waals surface area contributed by atoms with Crippen molar-refractivity contribution in [1.82, 2.24) is 14.9 Å². The van der Waals surface area contributed by atoms with Gasteiger partial charge in [0.1, 0.15) is 5.82 Å². The number of nitrogens with one attached hydrogen (secondary N) is 3. The van der Waals surface area contributed by atoms with Crippen LogP contribution in [0.3, 0.4) is 0 Å². The number of amides is 1. The van der Waals surface area contributed by atoms with E-state index in [4.69, 9.17) is 4.74 Å². The van der Waals surface area contributed by atoms with E-state index in [1.807, 2.05) is 0 Å². The molecule has 1 aromatic rings. The summed E-state index contributed by atoms with van der Waals surface area (Å²) in [5, 5.41) is 10.0. The van der Waals surface area contributed by atoms with Crippen LogP contribution in [0.15, 0.2) is 6.20 Å². The molecule has 0 saturated carbocycles. The smallest absolute Gasteiger partial charge is 0.417 e. The number of hydrogen-bond donors (Lipinski definition) is 3. The molecule has 6 nitrogen and oxygen atoms in total. The van der Waals surface area contributed by atoms with Gasteiger partial charge in [0.15, 0.2) is 0 Å². The van der Waals surface area contributed by atoms with Crippen LogP contribution >= 0.6 is 11.9 Å². The summed E-state index contributed by atoms with van der Waals surface area (Å²) in [4.78, 5) is 11.0. The highest BCUT2D eigenvalue weighted by Crippen LogP contribution is 2.21. The maximum absolute atomic E-state index is 11.0. The van der Waals surface area contributed by atoms with Crippen LogP contribution in [0.2, 0.25) is 0 Å². The molecule has 0 aliphatic heterocycles. The molecule has 7 heteroatoms. The van der Waals surface area contributed by atoms with Crippen LogP contribution in [0, 0.1) is 0 Å². The number of aromatic nitrogens is 2. The highest BCUT2D eigenvalue weighted by Gasteiger charge is 2.08. The predicted molar refractivity (Wildman–Crippen MR) is 68.9 cm³/mol. The molecule has 1 rings (SSSR count). The second kappa shape index (κ2) is 7.05. The van der Waals surface area contributed by atoms with E-state index in [2.05, 4.69) is 34.1 Å². The van der Waals surface area contributed by atoms with Crippen molar-refractivity contribution in [1.29, 1.82) is 0 Å². The van der Waals surface area contributed by atoms with Crippen molar-refractivity contribution in [2.75, 3.05) is 17.8 Å². The van der Waals surface area contributed by atoms with Crippen LogP contribution in [0.25, 0.3) is 0 Å². The van der Waals surface area contributed by atoms with Crippen molar-refractivity contribution < 1.29 is 9.53 Å². The number of nitrogens with zero attached hydrogens (tertiary/aromatic N) is 1. The number of rotatable bonds is 6. The minimum Gasteiger partial charge on any atom is -0.449 e. The van der Waals surface area contributed by atoms with E-state index in [9.17, 15) is 4.79 Å². The molecular formula is C10H18N4O2S. The van der Waals surface area contributed by atoms with Gasteiger partial charge in [-0.2, -0.15) is 5.10 Å². The standard InChI is InChI=1S/C10H18N4O2S/c1-4-16-10(15)14-17-6-11-9-8(7(2)3)5-12-13-9/h5,7H,4,6H2,1-3H3,(H,14,15)(H2,11,12,13). The zero-order valence-corrected chi connectivity index (χ0v) is 11.1. The number of anilines is 1. The fourth-order valence-electron chi connectivity index (χ4n) is 1.24. The number of ether oxygens (including phenoxy) is 1. The third kappa shape index (κ3) is 4.56. The lowest BCUT2D eigenvalue weighted by Crippen LogP contribution is -2.19. The second-order valence-electron chi connectivity index (χ2n) is 3.64. The van der Waals surface area contributed by atoms with Crippen LogP contribution in [0.4, 0.5) is 10.6 Å². The number of H-pyrrole nitrogens is 1. The maximum atomic E-state index is 11.0. The molecule has 0 aliphatic rings. The first kappa shape index (κ1) is 13.7. The normalized spacial score (nSPS) is 10.4. The molecule has 0 bridgehead atoms. The van der Waals surface area contributed by atoms with Crippen LogP contribution in [0.1, 0.15) is 32.3 Å². The third-order valence-electron chi connectivity index (χ3n) is 2.04. The molecule has 0 fully saturated rings. The molecular weight excluding hydrogens is 240 g/mol. The Bertz CT molecular complexity index is 354. The number of carbonyl (C=O) groups is 1. The molecule has 0 aliphatic carbocycles. The van der Waals surface area contributed by atoms with Gasteiger partial charge in [0.2, 0.25) is 0 Å². The lowest BCUT2D eigenvalue weighted by Gasteiger charge is -2.09. The summed E-state index contributed by atoms with van der Waals surface area (Å²) < 4.78 is 7.28. The van der Waals surface area contributed by atoms with E-state index in [0.29, 0.717) is 18.4 Å². The molecule has 1 amide bonds. The van der Waals surface area contributed by atoms with Gasteiger partial charge in [-0.05, 0) is 24.8 Å².